The van der Waals surface area contributed by atoms with Crippen molar-refractivity contribution in [2.24, 2.45) is 0 Å². The fourth-order valence-electron chi connectivity index (χ4n) is 3.20. The summed E-state index contributed by atoms with van der Waals surface area (Å²) < 4.78 is 0.0933. The van der Waals surface area contributed by atoms with Crippen LogP contribution in [0.5, 0.6) is 5.88 Å². The molecule has 0 aliphatic carbocycles. The van der Waals surface area contributed by atoms with Crippen LogP contribution in [-0.4, -0.2) is 26.6 Å². The third-order valence-corrected chi connectivity index (χ3v) is 4.60. The molecule has 0 radical (unpaired) electrons. The Kier molecular flexibility index (Phi) is 3.29. The lowest BCUT2D eigenvalue weighted by atomic mass is 9.95. The van der Waals surface area contributed by atoms with Gasteiger partial charge in [0.2, 0.25) is 5.88 Å². The number of rotatable bonds is 1. The largest absolute Gasteiger partial charge is 0.494 e. The molecule has 5 N–H and O–H groups in total. The minimum atomic E-state index is -0.444. The van der Waals surface area contributed by atoms with Gasteiger partial charge in [-0.25, -0.2) is 0 Å². The first kappa shape index (κ1) is 14.5. The van der Waals surface area contributed by atoms with Gasteiger partial charge in [0.25, 0.3) is 5.56 Å². The van der Waals surface area contributed by atoms with Crippen LogP contribution >= 0.6 is 23.8 Å². The van der Waals surface area contributed by atoms with Gasteiger partial charge in [0.05, 0.1) is 6.04 Å². The molecule has 6 nitrogen and oxygen atoms in total. The Morgan fingerprint density at radius 3 is 2.87 bits per heavy atom. The first-order valence-corrected chi connectivity index (χ1v) is 7.92. The number of aromatic amines is 3. The molecular formula is C15H13ClN4O2S. The molecule has 118 valence electrons. The molecule has 0 saturated carbocycles. The lowest BCUT2D eigenvalue weighted by molar-refractivity contribution is 0.427. The highest BCUT2D eigenvalue weighted by molar-refractivity contribution is 7.71. The van der Waals surface area contributed by atoms with Gasteiger partial charge in [-0.1, -0.05) is 11.6 Å². The fourth-order valence-corrected chi connectivity index (χ4v) is 3.56. The zero-order chi connectivity index (χ0) is 16.1. The lowest BCUT2D eigenvalue weighted by Gasteiger charge is -2.24. The van der Waals surface area contributed by atoms with Crippen LogP contribution < -0.4 is 10.9 Å². The number of aromatic nitrogens is 3. The van der Waals surface area contributed by atoms with Crippen LogP contribution in [0.2, 0.25) is 5.02 Å². The zero-order valence-electron chi connectivity index (χ0n) is 11.9. The summed E-state index contributed by atoms with van der Waals surface area (Å²) in [5.41, 5.74) is 2.73. The van der Waals surface area contributed by atoms with Gasteiger partial charge in [-0.2, -0.15) is 0 Å². The highest BCUT2D eigenvalue weighted by Crippen LogP contribution is 2.35. The number of halogens is 1. The Balaban J connectivity index is 1.97. The van der Waals surface area contributed by atoms with Crippen LogP contribution in [0.3, 0.4) is 0 Å². The van der Waals surface area contributed by atoms with Crippen LogP contribution in [0, 0.1) is 4.77 Å². The van der Waals surface area contributed by atoms with E-state index in [1.54, 1.807) is 0 Å². The molecule has 3 aromatic rings. The minimum absolute atomic E-state index is 0.0933. The second-order valence-corrected chi connectivity index (χ2v) is 6.36. The first-order chi connectivity index (χ1) is 11.0. The molecule has 2 aromatic heterocycles. The molecule has 0 unspecified atom stereocenters. The standard InChI is InChI=1S/C15H13ClN4O2S/c16-6-1-2-9-8(5-6)7-3-4-17-12(11(7)18-9)10-13(21)19-15(23)20-14(10)22/h1-2,5,12,17-18H,3-4H2,(H3,19,20,21,22,23)/t12-/m1/s1. The van der Waals surface area contributed by atoms with Crippen molar-refractivity contribution in [3.63, 3.8) is 0 Å². The van der Waals surface area contributed by atoms with Gasteiger partial charge in [0.15, 0.2) is 4.77 Å². The van der Waals surface area contributed by atoms with Gasteiger partial charge in [-0.05, 0) is 42.4 Å². The van der Waals surface area contributed by atoms with E-state index in [0.29, 0.717) is 11.6 Å². The molecule has 23 heavy (non-hydrogen) atoms. The predicted molar refractivity (Wildman–Crippen MR) is 90.8 cm³/mol. The molecule has 8 heteroatoms. The minimum Gasteiger partial charge on any atom is -0.494 e. The monoisotopic (exact) mass is 348 g/mol. The van der Waals surface area contributed by atoms with Crippen molar-refractivity contribution in [3.05, 3.63) is 55.2 Å². The van der Waals surface area contributed by atoms with E-state index in [9.17, 15) is 9.90 Å². The average Bonchev–Trinajstić information content (AvgIpc) is 2.85. The van der Waals surface area contributed by atoms with E-state index in [1.165, 1.54) is 0 Å². The maximum Gasteiger partial charge on any atom is 0.260 e. The average molecular weight is 349 g/mol. The second kappa shape index (κ2) is 5.23. The summed E-state index contributed by atoms with van der Waals surface area (Å²) >= 11 is 11.0. The van der Waals surface area contributed by atoms with Crippen molar-refractivity contribution in [1.29, 1.82) is 0 Å². The molecular weight excluding hydrogens is 336 g/mol. The third kappa shape index (κ3) is 2.28. The van der Waals surface area contributed by atoms with Gasteiger partial charge in [-0.15, -0.1) is 0 Å². The molecule has 1 aromatic carbocycles. The van der Waals surface area contributed by atoms with Crippen LogP contribution in [-0.2, 0) is 6.42 Å². The van der Waals surface area contributed by atoms with Crippen LogP contribution in [0.1, 0.15) is 22.9 Å². The molecule has 1 aliphatic rings. The highest BCUT2D eigenvalue weighted by Gasteiger charge is 2.29. The van der Waals surface area contributed by atoms with E-state index in [4.69, 9.17) is 23.8 Å². The lowest BCUT2D eigenvalue weighted by Crippen LogP contribution is -2.34. The predicted octanol–water partition coefficient (Wildman–Crippen LogP) is 2.51. The number of hydrogen-bond acceptors (Lipinski definition) is 4. The van der Waals surface area contributed by atoms with Crippen molar-refractivity contribution >= 4 is 34.7 Å². The number of H-pyrrole nitrogens is 3. The van der Waals surface area contributed by atoms with Crippen LogP contribution in [0.4, 0.5) is 0 Å². The number of nitrogens with one attached hydrogen (secondary N) is 4. The molecule has 3 heterocycles. The summed E-state index contributed by atoms with van der Waals surface area (Å²) in [5, 5.41) is 15.1. The molecule has 1 atom stereocenters. The van der Waals surface area contributed by atoms with E-state index in [2.05, 4.69) is 20.3 Å². The van der Waals surface area contributed by atoms with E-state index in [0.717, 1.165) is 28.6 Å². The van der Waals surface area contributed by atoms with Gasteiger partial charge in [0.1, 0.15) is 5.56 Å². The molecule has 1 aliphatic heterocycles. The van der Waals surface area contributed by atoms with Crippen molar-refractivity contribution in [3.8, 4) is 5.88 Å². The zero-order valence-corrected chi connectivity index (χ0v) is 13.4. The van der Waals surface area contributed by atoms with Gasteiger partial charge < -0.3 is 20.4 Å². The molecule has 0 amide bonds. The van der Waals surface area contributed by atoms with E-state index >= 15 is 0 Å². The van der Waals surface area contributed by atoms with Crippen molar-refractivity contribution in [1.82, 2.24) is 20.3 Å². The molecule has 0 bridgehead atoms. The Morgan fingerprint density at radius 2 is 2.09 bits per heavy atom. The summed E-state index contributed by atoms with van der Waals surface area (Å²) in [7, 11) is 0. The molecule has 0 saturated heterocycles. The summed E-state index contributed by atoms with van der Waals surface area (Å²) in [5.74, 6) is -0.221. The van der Waals surface area contributed by atoms with Crippen LogP contribution in [0.15, 0.2) is 23.0 Å². The van der Waals surface area contributed by atoms with Gasteiger partial charge >= 0.3 is 0 Å². The second-order valence-electron chi connectivity index (χ2n) is 5.51. The molecule has 0 fully saturated rings. The van der Waals surface area contributed by atoms with Crippen molar-refractivity contribution in [2.45, 2.75) is 12.5 Å². The normalized spacial score (nSPS) is 17.3. The van der Waals surface area contributed by atoms with Crippen molar-refractivity contribution in [2.75, 3.05) is 6.54 Å². The smallest absolute Gasteiger partial charge is 0.260 e. The number of benzene rings is 1. The number of aromatic hydroxyl groups is 1. The van der Waals surface area contributed by atoms with Gasteiger partial charge in [0, 0.05) is 28.2 Å². The fraction of sp³-hybridized carbons (Fsp3) is 0.200. The Bertz CT molecular complexity index is 1040. The SMILES string of the molecule is O=c1[nH]c(=S)[nH]c(O)c1[C@H]1NCCc2c1[nH]c1ccc(Cl)cc21. The highest BCUT2D eigenvalue weighted by atomic mass is 35.5. The third-order valence-electron chi connectivity index (χ3n) is 4.16. The molecule has 4 rings (SSSR count). The van der Waals surface area contributed by atoms with Gasteiger partial charge in [-0.3, -0.25) is 9.78 Å². The number of fused-ring (bicyclic) bond motifs is 3. The van der Waals surface area contributed by atoms with Crippen molar-refractivity contribution < 1.29 is 5.11 Å². The quantitative estimate of drug-likeness (QED) is 0.436. The summed E-state index contributed by atoms with van der Waals surface area (Å²) in [4.78, 5) is 20.7. The van der Waals surface area contributed by atoms with E-state index in [-0.39, 0.29) is 16.2 Å². The summed E-state index contributed by atoms with van der Waals surface area (Å²) in [6.07, 6.45) is 0.813. The summed E-state index contributed by atoms with van der Waals surface area (Å²) in [6.45, 7) is 0.686. The summed E-state index contributed by atoms with van der Waals surface area (Å²) in [6, 6.07) is 5.20. The topological polar surface area (TPSA) is 96.7 Å². The molecule has 0 spiro atoms. The Morgan fingerprint density at radius 1 is 1.26 bits per heavy atom. The Hall–Kier alpha value is -2.09. The van der Waals surface area contributed by atoms with E-state index < -0.39 is 11.6 Å². The maximum absolute atomic E-state index is 12.3. The Labute approximate surface area is 140 Å². The van der Waals surface area contributed by atoms with E-state index in [1.807, 2.05) is 18.2 Å². The first-order valence-electron chi connectivity index (χ1n) is 7.13. The maximum atomic E-state index is 12.3. The number of hydrogen-bond donors (Lipinski definition) is 5. The van der Waals surface area contributed by atoms with Crippen LogP contribution in [0.25, 0.3) is 10.9 Å².